The molecule has 5 nitrogen and oxygen atoms in total. The molecule has 0 aliphatic carbocycles. The summed E-state index contributed by atoms with van der Waals surface area (Å²) in [7, 11) is 1.58. The lowest BCUT2D eigenvalue weighted by atomic mass is 10.1. The molecule has 0 spiro atoms. The van der Waals surface area contributed by atoms with Crippen molar-refractivity contribution in [2.75, 3.05) is 18.9 Å². The summed E-state index contributed by atoms with van der Waals surface area (Å²) in [6.45, 7) is 7.67. The van der Waals surface area contributed by atoms with Gasteiger partial charge in [0.2, 0.25) is 5.91 Å². The van der Waals surface area contributed by atoms with Gasteiger partial charge in [0.15, 0.2) is 0 Å². The molecule has 0 aromatic heterocycles. The van der Waals surface area contributed by atoms with E-state index in [1.54, 1.807) is 7.05 Å². The van der Waals surface area contributed by atoms with E-state index < -0.39 is 0 Å². The number of carbonyl (C=O) groups is 2. The van der Waals surface area contributed by atoms with Gasteiger partial charge in [0.1, 0.15) is 6.54 Å². The zero-order valence-corrected chi connectivity index (χ0v) is 14.7. The lowest BCUT2D eigenvalue weighted by Gasteiger charge is -2.23. The largest absolute Gasteiger partial charge is 0.350 e. The van der Waals surface area contributed by atoms with Gasteiger partial charge in [0, 0.05) is 22.7 Å². The number of rotatable bonds is 3. The minimum absolute atomic E-state index is 0.0101. The van der Waals surface area contributed by atoms with Crippen LogP contribution in [0.15, 0.2) is 22.7 Å². The molecule has 1 aromatic carbocycles. The van der Waals surface area contributed by atoms with Crippen molar-refractivity contribution in [3.05, 3.63) is 28.2 Å². The molecule has 0 fully saturated rings. The van der Waals surface area contributed by atoms with Gasteiger partial charge in [0.05, 0.1) is 0 Å². The molecule has 0 saturated carbocycles. The van der Waals surface area contributed by atoms with E-state index in [0.717, 1.165) is 10.0 Å². The van der Waals surface area contributed by atoms with Crippen LogP contribution in [-0.2, 0) is 4.79 Å². The number of hydrogen-bond acceptors (Lipinski definition) is 2. The van der Waals surface area contributed by atoms with Crippen LogP contribution >= 0.6 is 15.9 Å². The second-order valence-corrected chi connectivity index (χ2v) is 6.90. The summed E-state index contributed by atoms with van der Waals surface area (Å²) >= 11 is 3.42. The Bertz CT molecular complexity index is 538. The molecule has 0 saturated heterocycles. The first-order valence-corrected chi connectivity index (χ1v) is 7.47. The maximum atomic E-state index is 12.0. The zero-order chi connectivity index (χ0) is 16.2. The minimum atomic E-state index is -0.324. The van der Waals surface area contributed by atoms with Crippen molar-refractivity contribution in [3.8, 4) is 0 Å². The SMILES string of the molecule is Cc1ccc(NC(=O)N(C)CC(=O)NC(C)(C)C)cc1Br. The molecule has 0 heterocycles. The van der Waals surface area contributed by atoms with Gasteiger partial charge in [-0.3, -0.25) is 4.79 Å². The van der Waals surface area contributed by atoms with Crippen LogP contribution in [0.1, 0.15) is 26.3 Å². The van der Waals surface area contributed by atoms with Crippen molar-refractivity contribution in [2.24, 2.45) is 0 Å². The van der Waals surface area contributed by atoms with Gasteiger partial charge in [-0.05, 0) is 45.4 Å². The number of anilines is 1. The average molecular weight is 356 g/mol. The van der Waals surface area contributed by atoms with Crippen LogP contribution < -0.4 is 10.6 Å². The minimum Gasteiger partial charge on any atom is -0.350 e. The summed E-state index contributed by atoms with van der Waals surface area (Å²) < 4.78 is 0.924. The van der Waals surface area contributed by atoms with Crippen LogP contribution in [0, 0.1) is 6.92 Å². The molecule has 116 valence electrons. The Kier molecular flexibility index (Phi) is 5.78. The van der Waals surface area contributed by atoms with Gasteiger partial charge in [-0.1, -0.05) is 22.0 Å². The second-order valence-electron chi connectivity index (χ2n) is 6.05. The number of carbonyl (C=O) groups excluding carboxylic acids is 2. The molecule has 1 rings (SSSR count). The highest BCUT2D eigenvalue weighted by atomic mass is 79.9. The molecule has 0 aliphatic heterocycles. The first-order valence-electron chi connectivity index (χ1n) is 6.68. The molecule has 1 aromatic rings. The fourth-order valence-corrected chi connectivity index (χ4v) is 2.01. The van der Waals surface area contributed by atoms with Gasteiger partial charge in [-0.2, -0.15) is 0 Å². The van der Waals surface area contributed by atoms with Crippen molar-refractivity contribution in [1.82, 2.24) is 10.2 Å². The van der Waals surface area contributed by atoms with E-state index in [4.69, 9.17) is 0 Å². The molecular weight excluding hydrogens is 334 g/mol. The number of amides is 3. The number of halogens is 1. The van der Waals surface area contributed by atoms with Gasteiger partial charge < -0.3 is 15.5 Å². The van der Waals surface area contributed by atoms with Crippen molar-refractivity contribution in [3.63, 3.8) is 0 Å². The molecule has 0 radical (unpaired) electrons. The monoisotopic (exact) mass is 355 g/mol. The molecular formula is C15H22BrN3O2. The predicted octanol–water partition coefficient (Wildman–Crippen LogP) is 3.14. The summed E-state index contributed by atoms with van der Waals surface area (Å²) in [5, 5.41) is 5.57. The third kappa shape index (κ3) is 6.16. The number of nitrogens with one attached hydrogen (secondary N) is 2. The molecule has 0 atom stereocenters. The second kappa shape index (κ2) is 6.93. The summed E-state index contributed by atoms with van der Waals surface area (Å²) in [5.41, 5.74) is 1.46. The van der Waals surface area contributed by atoms with Crippen molar-refractivity contribution in [2.45, 2.75) is 33.2 Å². The van der Waals surface area contributed by atoms with Crippen molar-refractivity contribution < 1.29 is 9.59 Å². The molecule has 6 heteroatoms. The Labute approximate surface area is 134 Å². The fraction of sp³-hybridized carbons (Fsp3) is 0.467. The predicted molar refractivity (Wildman–Crippen MR) is 88.4 cm³/mol. The maximum Gasteiger partial charge on any atom is 0.322 e. The first-order chi connectivity index (χ1) is 9.58. The number of likely N-dealkylation sites (N-methyl/N-ethyl adjacent to an activating group) is 1. The van der Waals surface area contributed by atoms with Crippen LogP contribution in [0.25, 0.3) is 0 Å². The van der Waals surface area contributed by atoms with Gasteiger partial charge in [-0.25, -0.2) is 4.79 Å². The standard InChI is InChI=1S/C15H22BrN3O2/c1-10-6-7-11(8-12(10)16)17-14(21)19(5)9-13(20)18-15(2,3)4/h6-8H,9H2,1-5H3,(H,17,21)(H,18,20). The van der Waals surface area contributed by atoms with E-state index in [9.17, 15) is 9.59 Å². The van der Waals surface area contributed by atoms with Crippen LogP contribution in [0.2, 0.25) is 0 Å². The quantitative estimate of drug-likeness (QED) is 0.874. The normalized spacial score (nSPS) is 11.0. The van der Waals surface area contributed by atoms with Crippen molar-refractivity contribution >= 4 is 33.6 Å². The van der Waals surface area contributed by atoms with Crippen LogP contribution in [-0.4, -0.2) is 36.0 Å². The highest BCUT2D eigenvalue weighted by Gasteiger charge is 2.17. The smallest absolute Gasteiger partial charge is 0.322 e. The average Bonchev–Trinajstić information content (AvgIpc) is 2.31. The third-order valence-electron chi connectivity index (χ3n) is 2.66. The summed E-state index contributed by atoms with van der Waals surface area (Å²) in [5.74, 6) is -0.190. The molecule has 2 N–H and O–H groups in total. The molecule has 0 aliphatic rings. The Hall–Kier alpha value is -1.56. The van der Waals surface area contributed by atoms with Gasteiger partial charge in [-0.15, -0.1) is 0 Å². The maximum absolute atomic E-state index is 12.0. The van der Waals surface area contributed by atoms with E-state index in [1.165, 1.54) is 4.90 Å². The van der Waals surface area contributed by atoms with E-state index in [2.05, 4.69) is 26.6 Å². The Balaban J connectivity index is 2.58. The first kappa shape index (κ1) is 17.5. The molecule has 0 unspecified atom stereocenters. The van der Waals surface area contributed by atoms with E-state index >= 15 is 0 Å². The summed E-state index contributed by atoms with van der Waals surface area (Å²) in [6.07, 6.45) is 0. The fourth-order valence-electron chi connectivity index (χ4n) is 1.63. The highest BCUT2D eigenvalue weighted by molar-refractivity contribution is 9.10. The Morgan fingerprint density at radius 1 is 1.29 bits per heavy atom. The molecule has 0 bridgehead atoms. The Morgan fingerprint density at radius 2 is 1.90 bits per heavy atom. The van der Waals surface area contributed by atoms with Crippen molar-refractivity contribution in [1.29, 1.82) is 0 Å². The number of hydrogen-bond donors (Lipinski definition) is 2. The van der Waals surface area contributed by atoms with Crippen LogP contribution in [0.5, 0.6) is 0 Å². The van der Waals surface area contributed by atoms with E-state index in [1.807, 2.05) is 45.9 Å². The van der Waals surface area contributed by atoms with Gasteiger partial charge >= 0.3 is 6.03 Å². The number of benzene rings is 1. The lowest BCUT2D eigenvalue weighted by molar-refractivity contribution is -0.122. The van der Waals surface area contributed by atoms with E-state index in [-0.39, 0.29) is 24.0 Å². The lowest BCUT2D eigenvalue weighted by Crippen LogP contribution is -2.47. The zero-order valence-electron chi connectivity index (χ0n) is 13.1. The topological polar surface area (TPSA) is 61.4 Å². The third-order valence-corrected chi connectivity index (χ3v) is 3.52. The van der Waals surface area contributed by atoms with Crippen LogP contribution in [0.4, 0.5) is 10.5 Å². The van der Waals surface area contributed by atoms with E-state index in [0.29, 0.717) is 5.69 Å². The number of aryl methyl sites for hydroxylation is 1. The summed E-state index contributed by atoms with van der Waals surface area (Å²) in [4.78, 5) is 25.2. The number of nitrogens with zero attached hydrogens (tertiary/aromatic N) is 1. The summed E-state index contributed by atoms with van der Waals surface area (Å²) in [6, 6.07) is 5.23. The Morgan fingerprint density at radius 3 is 2.43 bits per heavy atom. The molecule has 3 amide bonds. The van der Waals surface area contributed by atoms with Crippen LogP contribution in [0.3, 0.4) is 0 Å². The van der Waals surface area contributed by atoms with Gasteiger partial charge in [0.25, 0.3) is 0 Å². The molecule has 21 heavy (non-hydrogen) atoms. The number of urea groups is 1. The highest BCUT2D eigenvalue weighted by Crippen LogP contribution is 2.20.